The van der Waals surface area contributed by atoms with E-state index in [2.05, 4.69) is 19.9 Å². The SMILES string of the molecule is O=S(=O)(NCc1nnc(-c2cccnc2)o1)c1cccc(Cl)c1. The number of halogens is 1. The summed E-state index contributed by atoms with van der Waals surface area (Å²) in [6.07, 6.45) is 3.20. The highest BCUT2D eigenvalue weighted by Crippen LogP contribution is 2.17. The lowest BCUT2D eigenvalue weighted by molar-refractivity contribution is 0.494. The summed E-state index contributed by atoms with van der Waals surface area (Å²) in [4.78, 5) is 4.02. The van der Waals surface area contributed by atoms with Gasteiger partial charge in [0.05, 0.1) is 17.0 Å². The minimum Gasteiger partial charge on any atom is -0.419 e. The van der Waals surface area contributed by atoms with Crippen LogP contribution in [0.4, 0.5) is 0 Å². The molecular weight excluding hydrogens is 340 g/mol. The molecule has 0 aliphatic rings. The van der Waals surface area contributed by atoms with E-state index in [-0.39, 0.29) is 23.2 Å². The predicted octanol–water partition coefficient (Wildman–Crippen LogP) is 2.26. The Hall–Kier alpha value is -2.29. The number of nitrogens with one attached hydrogen (secondary N) is 1. The largest absolute Gasteiger partial charge is 0.419 e. The van der Waals surface area contributed by atoms with Gasteiger partial charge in [-0.3, -0.25) is 4.98 Å². The third-order valence-electron chi connectivity index (χ3n) is 2.90. The van der Waals surface area contributed by atoms with Crippen molar-refractivity contribution < 1.29 is 12.8 Å². The van der Waals surface area contributed by atoms with Gasteiger partial charge in [0, 0.05) is 17.4 Å². The molecule has 3 aromatic rings. The number of hydrogen-bond acceptors (Lipinski definition) is 6. The molecule has 3 rings (SSSR count). The Morgan fingerprint density at radius 1 is 1.17 bits per heavy atom. The van der Waals surface area contributed by atoms with Crippen LogP contribution < -0.4 is 4.72 Å². The van der Waals surface area contributed by atoms with Crippen molar-refractivity contribution in [3.8, 4) is 11.5 Å². The maximum atomic E-state index is 12.2. The average molecular weight is 351 g/mol. The lowest BCUT2D eigenvalue weighted by Gasteiger charge is -2.04. The summed E-state index contributed by atoms with van der Waals surface area (Å²) in [6.45, 7) is -0.123. The van der Waals surface area contributed by atoms with E-state index in [1.807, 2.05) is 0 Å². The molecule has 1 N–H and O–H groups in total. The molecule has 23 heavy (non-hydrogen) atoms. The number of rotatable bonds is 5. The normalized spacial score (nSPS) is 11.5. The summed E-state index contributed by atoms with van der Waals surface area (Å²) in [5.41, 5.74) is 0.656. The van der Waals surface area contributed by atoms with Crippen molar-refractivity contribution in [1.82, 2.24) is 19.9 Å². The second-order valence-electron chi connectivity index (χ2n) is 4.52. The van der Waals surface area contributed by atoms with Crippen LogP contribution in [0.2, 0.25) is 5.02 Å². The second-order valence-corrected chi connectivity index (χ2v) is 6.73. The van der Waals surface area contributed by atoms with Gasteiger partial charge in [-0.25, -0.2) is 13.1 Å². The van der Waals surface area contributed by atoms with Crippen LogP contribution in [-0.2, 0) is 16.6 Å². The minimum atomic E-state index is -3.71. The Balaban J connectivity index is 1.73. The van der Waals surface area contributed by atoms with Crippen LogP contribution in [0, 0.1) is 0 Å². The van der Waals surface area contributed by atoms with E-state index in [0.29, 0.717) is 10.6 Å². The number of pyridine rings is 1. The van der Waals surface area contributed by atoms with Gasteiger partial charge in [-0.05, 0) is 30.3 Å². The van der Waals surface area contributed by atoms with E-state index in [1.165, 1.54) is 12.1 Å². The predicted molar refractivity (Wildman–Crippen MR) is 83.0 cm³/mol. The molecule has 0 spiro atoms. The molecule has 0 radical (unpaired) electrons. The van der Waals surface area contributed by atoms with E-state index >= 15 is 0 Å². The topological polar surface area (TPSA) is 98.0 Å². The highest BCUT2D eigenvalue weighted by atomic mass is 35.5. The fourth-order valence-electron chi connectivity index (χ4n) is 1.81. The molecule has 0 saturated carbocycles. The fourth-order valence-corrected chi connectivity index (χ4v) is 3.08. The highest BCUT2D eigenvalue weighted by Gasteiger charge is 2.16. The first-order valence-corrected chi connectivity index (χ1v) is 8.39. The first-order chi connectivity index (χ1) is 11.0. The van der Waals surface area contributed by atoms with E-state index in [4.69, 9.17) is 16.0 Å². The van der Waals surface area contributed by atoms with Crippen molar-refractivity contribution >= 4 is 21.6 Å². The maximum absolute atomic E-state index is 12.2. The van der Waals surface area contributed by atoms with Crippen LogP contribution in [0.15, 0.2) is 58.1 Å². The zero-order valence-corrected chi connectivity index (χ0v) is 13.3. The Morgan fingerprint density at radius 2 is 2.04 bits per heavy atom. The summed E-state index contributed by atoms with van der Waals surface area (Å²) in [5, 5.41) is 8.01. The zero-order valence-electron chi connectivity index (χ0n) is 11.7. The van der Waals surface area contributed by atoms with Crippen molar-refractivity contribution in [2.45, 2.75) is 11.4 Å². The number of nitrogens with zero attached hydrogens (tertiary/aromatic N) is 3. The van der Waals surface area contributed by atoms with Gasteiger partial charge in [0.25, 0.3) is 0 Å². The first-order valence-electron chi connectivity index (χ1n) is 6.52. The van der Waals surface area contributed by atoms with Crippen molar-refractivity contribution in [1.29, 1.82) is 0 Å². The smallest absolute Gasteiger partial charge is 0.249 e. The monoisotopic (exact) mass is 350 g/mol. The van der Waals surface area contributed by atoms with Crippen molar-refractivity contribution in [3.63, 3.8) is 0 Å². The molecule has 0 atom stereocenters. The Labute approximate surface area is 137 Å². The van der Waals surface area contributed by atoms with Crippen LogP contribution in [0.25, 0.3) is 11.5 Å². The van der Waals surface area contributed by atoms with Gasteiger partial charge in [-0.2, -0.15) is 0 Å². The Kier molecular flexibility index (Phi) is 4.37. The van der Waals surface area contributed by atoms with E-state index < -0.39 is 10.0 Å². The van der Waals surface area contributed by atoms with Crippen LogP contribution >= 0.6 is 11.6 Å². The van der Waals surface area contributed by atoms with E-state index in [9.17, 15) is 8.42 Å². The van der Waals surface area contributed by atoms with Gasteiger partial charge in [0.15, 0.2) is 0 Å². The molecule has 0 fully saturated rings. The molecule has 9 heteroatoms. The quantitative estimate of drug-likeness (QED) is 0.758. The Morgan fingerprint density at radius 3 is 2.78 bits per heavy atom. The third-order valence-corrected chi connectivity index (χ3v) is 4.53. The minimum absolute atomic E-state index is 0.0667. The molecular formula is C14H11ClN4O3S. The summed E-state index contributed by atoms with van der Waals surface area (Å²) in [6, 6.07) is 9.46. The highest BCUT2D eigenvalue weighted by molar-refractivity contribution is 7.89. The van der Waals surface area contributed by atoms with Crippen LogP contribution in [0.5, 0.6) is 0 Å². The molecule has 0 amide bonds. The fraction of sp³-hybridized carbons (Fsp3) is 0.0714. The molecule has 0 aliphatic carbocycles. The molecule has 0 unspecified atom stereocenters. The van der Waals surface area contributed by atoms with E-state index in [1.54, 1.807) is 36.7 Å². The summed E-state index contributed by atoms with van der Waals surface area (Å²) in [5.74, 6) is 0.421. The molecule has 0 aliphatic heterocycles. The van der Waals surface area contributed by atoms with Gasteiger partial charge in [-0.15, -0.1) is 10.2 Å². The number of benzene rings is 1. The van der Waals surface area contributed by atoms with Crippen molar-refractivity contribution in [3.05, 3.63) is 59.7 Å². The van der Waals surface area contributed by atoms with Gasteiger partial charge in [0.1, 0.15) is 0 Å². The third kappa shape index (κ3) is 3.73. The van der Waals surface area contributed by atoms with Crippen LogP contribution in [0.1, 0.15) is 5.89 Å². The number of sulfonamides is 1. The lowest BCUT2D eigenvalue weighted by atomic mass is 10.3. The van der Waals surface area contributed by atoms with Crippen molar-refractivity contribution in [2.24, 2.45) is 0 Å². The second kappa shape index (κ2) is 6.45. The Bertz CT molecular complexity index is 913. The van der Waals surface area contributed by atoms with E-state index in [0.717, 1.165) is 0 Å². The van der Waals surface area contributed by atoms with Gasteiger partial charge in [-0.1, -0.05) is 17.7 Å². The summed E-state index contributed by atoms with van der Waals surface area (Å²) < 4.78 is 32.1. The maximum Gasteiger partial charge on any atom is 0.249 e. The van der Waals surface area contributed by atoms with Crippen LogP contribution in [0.3, 0.4) is 0 Å². The standard InChI is InChI=1S/C14H11ClN4O3S/c15-11-4-1-5-12(7-11)23(20,21)17-9-13-18-19-14(22-13)10-3-2-6-16-8-10/h1-8,17H,9H2. The molecule has 118 valence electrons. The first kappa shape index (κ1) is 15.6. The number of hydrogen-bond donors (Lipinski definition) is 1. The van der Waals surface area contributed by atoms with Crippen molar-refractivity contribution in [2.75, 3.05) is 0 Å². The molecule has 2 aromatic heterocycles. The number of aromatic nitrogens is 3. The molecule has 7 nitrogen and oxygen atoms in total. The molecule has 0 bridgehead atoms. The van der Waals surface area contributed by atoms with Crippen LogP contribution in [-0.4, -0.2) is 23.6 Å². The summed E-state index contributed by atoms with van der Waals surface area (Å²) in [7, 11) is -3.71. The molecule has 1 aromatic carbocycles. The molecule has 0 saturated heterocycles. The average Bonchev–Trinajstić information content (AvgIpc) is 3.03. The summed E-state index contributed by atoms with van der Waals surface area (Å²) >= 11 is 5.80. The van der Waals surface area contributed by atoms with Gasteiger partial charge < -0.3 is 4.42 Å². The van der Waals surface area contributed by atoms with Gasteiger partial charge in [0.2, 0.25) is 21.8 Å². The lowest BCUT2D eigenvalue weighted by Crippen LogP contribution is -2.23. The van der Waals surface area contributed by atoms with Gasteiger partial charge >= 0.3 is 0 Å². The molecule has 2 heterocycles. The zero-order chi connectivity index (χ0) is 16.3.